The van der Waals surface area contributed by atoms with Crippen molar-refractivity contribution in [3.8, 4) is 0 Å². The smallest absolute Gasteiger partial charge is 0.411 e. The van der Waals surface area contributed by atoms with Crippen LogP contribution in [0.25, 0.3) is 0 Å². The molecule has 98 valence electrons. The first-order valence-corrected chi connectivity index (χ1v) is 5.92. The molecule has 2 rings (SSSR count). The maximum atomic E-state index is 12.8. The Bertz CT molecular complexity index is 498. The van der Waals surface area contributed by atoms with E-state index in [-0.39, 0.29) is 24.1 Å². The average molecular weight is 324 g/mol. The molecule has 1 aromatic rings. The molecule has 0 atom stereocenters. The summed E-state index contributed by atoms with van der Waals surface area (Å²) < 4.78 is 38.7. The highest BCUT2D eigenvalue weighted by molar-refractivity contribution is 9.10. The van der Waals surface area contributed by atoms with Gasteiger partial charge in [0, 0.05) is 10.2 Å². The molecule has 3 nitrogen and oxygen atoms in total. The molecule has 0 saturated heterocycles. The summed E-state index contributed by atoms with van der Waals surface area (Å²) in [5.74, 6) is -1.18. The van der Waals surface area contributed by atoms with Crippen molar-refractivity contribution >= 4 is 27.6 Å². The topological polar surface area (TPSA) is 49.3 Å². The van der Waals surface area contributed by atoms with Crippen molar-refractivity contribution in [2.45, 2.75) is 24.6 Å². The number of alkyl halides is 3. The maximum absolute atomic E-state index is 12.8. The van der Waals surface area contributed by atoms with Gasteiger partial charge in [-0.3, -0.25) is 0 Å². The third kappa shape index (κ3) is 2.45. The van der Waals surface area contributed by atoms with E-state index in [1.54, 1.807) is 0 Å². The lowest BCUT2D eigenvalue weighted by Crippen LogP contribution is -2.38. The largest absolute Gasteiger partial charge is 0.478 e. The maximum Gasteiger partial charge on any atom is 0.411 e. The van der Waals surface area contributed by atoms with E-state index < -0.39 is 17.7 Å². The van der Waals surface area contributed by atoms with Crippen LogP contribution in [0.15, 0.2) is 22.7 Å². The van der Waals surface area contributed by atoms with Crippen LogP contribution >= 0.6 is 15.9 Å². The van der Waals surface area contributed by atoms with Crippen LogP contribution in [0.5, 0.6) is 0 Å². The van der Waals surface area contributed by atoms with Gasteiger partial charge < -0.3 is 10.4 Å². The molecule has 1 fully saturated rings. The minimum atomic E-state index is -4.33. The fourth-order valence-corrected chi connectivity index (χ4v) is 2.16. The van der Waals surface area contributed by atoms with Gasteiger partial charge in [-0.05, 0) is 31.0 Å². The highest BCUT2D eigenvalue weighted by Crippen LogP contribution is 2.51. The second-order valence-corrected chi connectivity index (χ2v) is 5.15. The van der Waals surface area contributed by atoms with Gasteiger partial charge in [-0.2, -0.15) is 13.2 Å². The Kier molecular flexibility index (Phi) is 3.04. The van der Waals surface area contributed by atoms with Crippen LogP contribution in [0, 0.1) is 0 Å². The third-order valence-electron chi connectivity index (χ3n) is 2.82. The molecule has 1 aromatic carbocycles. The summed E-state index contributed by atoms with van der Waals surface area (Å²) >= 11 is 3.08. The zero-order chi connectivity index (χ0) is 13.6. The van der Waals surface area contributed by atoms with Gasteiger partial charge in [0.25, 0.3) is 0 Å². The Labute approximate surface area is 109 Å². The number of anilines is 1. The molecule has 0 spiro atoms. The Balaban J connectivity index is 2.28. The van der Waals surface area contributed by atoms with Crippen LogP contribution in [0.4, 0.5) is 18.9 Å². The Hall–Kier alpha value is -1.24. The SMILES string of the molecule is O=C(O)c1cc(Br)cc(NC2(C(F)(F)F)CC2)c1. The van der Waals surface area contributed by atoms with Gasteiger partial charge >= 0.3 is 12.1 Å². The van der Waals surface area contributed by atoms with Crippen LogP contribution < -0.4 is 5.32 Å². The molecule has 1 aliphatic rings. The van der Waals surface area contributed by atoms with Gasteiger partial charge in [0.15, 0.2) is 0 Å². The zero-order valence-electron chi connectivity index (χ0n) is 9.01. The molecule has 0 bridgehead atoms. The van der Waals surface area contributed by atoms with Crippen LogP contribution in [0.2, 0.25) is 0 Å². The number of aromatic carboxylic acids is 1. The number of carboxylic acid groups (broad SMARTS) is 1. The minimum Gasteiger partial charge on any atom is -0.478 e. The molecule has 0 unspecified atom stereocenters. The van der Waals surface area contributed by atoms with Crippen molar-refractivity contribution in [2.75, 3.05) is 5.32 Å². The van der Waals surface area contributed by atoms with E-state index in [0.717, 1.165) is 0 Å². The van der Waals surface area contributed by atoms with Crippen molar-refractivity contribution < 1.29 is 23.1 Å². The Morgan fingerprint density at radius 2 is 1.94 bits per heavy atom. The first kappa shape index (κ1) is 13.2. The van der Waals surface area contributed by atoms with Gasteiger partial charge in [0.1, 0.15) is 5.54 Å². The molecular weight excluding hydrogens is 315 g/mol. The normalized spacial score (nSPS) is 17.3. The number of nitrogens with one attached hydrogen (secondary N) is 1. The molecule has 1 aliphatic carbocycles. The molecule has 2 N–H and O–H groups in total. The summed E-state index contributed by atoms with van der Waals surface area (Å²) in [5.41, 5.74) is -1.81. The average Bonchev–Trinajstić information content (AvgIpc) is 2.96. The Morgan fingerprint density at radius 1 is 1.33 bits per heavy atom. The van der Waals surface area contributed by atoms with Crippen molar-refractivity contribution in [3.05, 3.63) is 28.2 Å². The minimum absolute atomic E-state index is 0.00538. The number of rotatable bonds is 3. The molecule has 18 heavy (non-hydrogen) atoms. The fraction of sp³-hybridized carbons (Fsp3) is 0.364. The predicted molar refractivity (Wildman–Crippen MR) is 62.7 cm³/mol. The van der Waals surface area contributed by atoms with Crippen molar-refractivity contribution in [1.82, 2.24) is 0 Å². The number of hydrogen-bond donors (Lipinski definition) is 2. The molecule has 0 aliphatic heterocycles. The van der Waals surface area contributed by atoms with Crippen LogP contribution in [0.3, 0.4) is 0 Å². The molecule has 0 radical (unpaired) electrons. The third-order valence-corrected chi connectivity index (χ3v) is 3.28. The highest BCUT2D eigenvalue weighted by atomic mass is 79.9. The monoisotopic (exact) mass is 323 g/mol. The summed E-state index contributed by atoms with van der Waals surface area (Å²) in [6, 6.07) is 3.96. The standard InChI is InChI=1S/C11H9BrF3NO2/c12-7-3-6(9(17)18)4-8(5-7)16-10(1-2-10)11(13,14)15/h3-5,16H,1-2H2,(H,17,18). The summed E-state index contributed by atoms with van der Waals surface area (Å²) in [6.07, 6.45) is -4.32. The molecule has 0 heterocycles. The molecule has 7 heteroatoms. The van der Waals surface area contributed by atoms with E-state index in [9.17, 15) is 18.0 Å². The first-order chi connectivity index (χ1) is 8.23. The summed E-state index contributed by atoms with van der Waals surface area (Å²) in [7, 11) is 0. The lowest BCUT2D eigenvalue weighted by Gasteiger charge is -2.22. The number of carbonyl (C=O) groups is 1. The van der Waals surface area contributed by atoms with Crippen LogP contribution in [-0.2, 0) is 0 Å². The number of hydrogen-bond acceptors (Lipinski definition) is 2. The number of benzene rings is 1. The van der Waals surface area contributed by atoms with Gasteiger partial charge in [0.2, 0.25) is 0 Å². The van der Waals surface area contributed by atoms with E-state index in [2.05, 4.69) is 21.2 Å². The highest BCUT2D eigenvalue weighted by Gasteiger charge is 2.63. The number of carboxylic acids is 1. The number of halogens is 4. The molecule has 1 saturated carbocycles. The Morgan fingerprint density at radius 3 is 2.39 bits per heavy atom. The lowest BCUT2D eigenvalue weighted by atomic mass is 10.1. The van der Waals surface area contributed by atoms with Gasteiger partial charge in [-0.1, -0.05) is 15.9 Å². The van der Waals surface area contributed by atoms with Crippen LogP contribution in [-0.4, -0.2) is 22.8 Å². The predicted octanol–water partition coefficient (Wildman–Crippen LogP) is 3.65. The van der Waals surface area contributed by atoms with E-state index in [1.165, 1.54) is 18.2 Å². The quantitative estimate of drug-likeness (QED) is 0.892. The van der Waals surface area contributed by atoms with E-state index in [0.29, 0.717) is 4.47 Å². The molecule has 0 aromatic heterocycles. The zero-order valence-corrected chi connectivity index (χ0v) is 10.6. The van der Waals surface area contributed by atoms with E-state index in [1.807, 2.05) is 0 Å². The second kappa shape index (κ2) is 4.15. The molecular formula is C11H9BrF3NO2. The van der Waals surface area contributed by atoms with Crippen molar-refractivity contribution in [3.63, 3.8) is 0 Å². The summed E-state index contributed by atoms with van der Waals surface area (Å²) in [6.45, 7) is 0. The van der Waals surface area contributed by atoms with Gasteiger partial charge in [-0.25, -0.2) is 4.79 Å². The van der Waals surface area contributed by atoms with E-state index >= 15 is 0 Å². The van der Waals surface area contributed by atoms with Crippen LogP contribution in [0.1, 0.15) is 23.2 Å². The van der Waals surface area contributed by atoms with Gasteiger partial charge in [-0.15, -0.1) is 0 Å². The lowest BCUT2D eigenvalue weighted by molar-refractivity contribution is -0.151. The summed E-state index contributed by atoms with van der Waals surface area (Å²) in [4.78, 5) is 10.8. The van der Waals surface area contributed by atoms with Gasteiger partial charge in [0.05, 0.1) is 5.56 Å². The molecule has 0 amide bonds. The first-order valence-electron chi connectivity index (χ1n) is 5.12. The second-order valence-electron chi connectivity index (χ2n) is 4.24. The van der Waals surface area contributed by atoms with Crippen molar-refractivity contribution in [1.29, 1.82) is 0 Å². The van der Waals surface area contributed by atoms with E-state index in [4.69, 9.17) is 5.11 Å². The fourth-order valence-electron chi connectivity index (χ4n) is 1.67. The summed E-state index contributed by atoms with van der Waals surface area (Å²) in [5, 5.41) is 11.2. The van der Waals surface area contributed by atoms with Crippen molar-refractivity contribution in [2.24, 2.45) is 0 Å².